The molecule has 14 atom stereocenters. The molecule has 4 aliphatic carbocycles. The summed E-state index contributed by atoms with van der Waals surface area (Å²) in [5.41, 5.74) is 15.3. The third-order valence-corrected chi connectivity index (χ3v) is 20.5. The second-order valence-corrected chi connectivity index (χ2v) is 25.9. The van der Waals surface area contributed by atoms with Crippen LogP contribution in [0, 0.1) is 57.2 Å². The Morgan fingerprint density at radius 2 is 1.65 bits per heavy atom. The Kier molecular flexibility index (Phi) is 16.9. The zero-order chi connectivity index (χ0) is 56.7. The van der Waals surface area contributed by atoms with E-state index in [1.165, 1.54) is 24.8 Å². The SMILES string of the molecule is CCC(C)(CNCC(C)(CC)CNC(=O)O[C@H]1CC[C@@]2(C)C(=CCC3C2CC[C@@]2(C)C3C[C@@H]3O[C@]4(CC[C@@H](C)CO4)[C@@H](C)[C@@H]32)C1)CNC(=O)CC[C@H](NC(=O)c1ccc(N(C)Cc2cnc3nc(N)nc(N)c3n2)cc1)C(=O)O. The first-order chi connectivity index (χ1) is 37.5. The second kappa shape index (κ2) is 23.1. The number of nitrogen functional groups attached to an aromatic ring is 2. The lowest BCUT2D eigenvalue weighted by Gasteiger charge is -2.58. The molecule has 1 spiro atoms. The fraction of sp³-hybridized carbons (Fsp3) is 0.700. The highest BCUT2D eigenvalue weighted by atomic mass is 16.7. The van der Waals surface area contributed by atoms with E-state index in [0.29, 0.717) is 91.2 Å². The van der Waals surface area contributed by atoms with Crippen LogP contribution in [0.5, 0.6) is 0 Å². The summed E-state index contributed by atoms with van der Waals surface area (Å²) < 4.78 is 19.8. The lowest BCUT2D eigenvalue weighted by molar-refractivity contribution is -0.272. The lowest BCUT2D eigenvalue weighted by Crippen LogP contribution is -2.52. The Balaban J connectivity index is 0.682. The number of ether oxygens (including phenoxy) is 3. The first-order valence-electron chi connectivity index (χ1n) is 29.3. The number of nitrogens with one attached hydrogen (secondary N) is 4. The summed E-state index contributed by atoms with van der Waals surface area (Å²) >= 11 is 0. The molecule has 6 aliphatic rings. The third-order valence-electron chi connectivity index (χ3n) is 20.5. The molecule has 9 rings (SSSR count). The molecule has 5 unspecified atom stereocenters. The number of aromatic nitrogens is 4. The van der Waals surface area contributed by atoms with Gasteiger partial charge < -0.3 is 57.0 Å². The van der Waals surface area contributed by atoms with E-state index in [4.69, 9.17) is 25.7 Å². The van der Waals surface area contributed by atoms with Crippen LogP contribution in [-0.2, 0) is 30.3 Å². The average molecular weight is 1090 g/mol. The van der Waals surface area contributed by atoms with Crippen molar-refractivity contribution in [1.29, 1.82) is 0 Å². The normalized spacial score (nSPS) is 31.7. The van der Waals surface area contributed by atoms with Crippen LogP contribution in [0.25, 0.3) is 11.2 Å². The number of fused-ring (bicyclic) bond motifs is 8. The summed E-state index contributed by atoms with van der Waals surface area (Å²) in [7, 11) is 1.85. The highest BCUT2D eigenvalue weighted by Crippen LogP contribution is 2.70. The molecule has 5 fully saturated rings. The van der Waals surface area contributed by atoms with Crippen molar-refractivity contribution in [2.24, 2.45) is 57.2 Å². The topological polar surface area (TPSA) is 271 Å². The number of benzene rings is 1. The van der Waals surface area contributed by atoms with E-state index < -0.39 is 17.9 Å². The van der Waals surface area contributed by atoms with Gasteiger partial charge in [-0.3, -0.25) is 9.59 Å². The molecule has 432 valence electrons. The minimum Gasteiger partial charge on any atom is -0.480 e. The van der Waals surface area contributed by atoms with Gasteiger partial charge in [-0.2, -0.15) is 9.97 Å². The minimum atomic E-state index is -1.27. The molecular formula is C60H89N11O8. The van der Waals surface area contributed by atoms with Gasteiger partial charge in [0, 0.05) is 69.7 Å². The number of nitrogens with two attached hydrogens (primary N) is 2. The number of carbonyl (C=O) groups excluding carboxylic acids is 3. The molecule has 9 N–H and O–H groups in total. The number of carboxylic acids is 1. The monoisotopic (exact) mass is 1090 g/mol. The van der Waals surface area contributed by atoms with Crippen LogP contribution in [0.15, 0.2) is 42.1 Å². The quantitative estimate of drug-likeness (QED) is 0.0526. The Morgan fingerprint density at radius 1 is 0.924 bits per heavy atom. The number of hydrogen-bond donors (Lipinski definition) is 7. The molecule has 79 heavy (non-hydrogen) atoms. The molecule has 3 amide bonds. The Hall–Kier alpha value is -5.66. The number of nitrogens with zero attached hydrogens (tertiary/aromatic N) is 5. The van der Waals surface area contributed by atoms with Gasteiger partial charge in [0.2, 0.25) is 11.9 Å². The summed E-state index contributed by atoms with van der Waals surface area (Å²) in [4.78, 5) is 70.8. The van der Waals surface area contributed by atoms with Gasteiger partial charge in [0.1, 0.15) is 12.1 Å². The Bertz CT molecular complexity index is 2760. The predicted molar refractivity (Wildman–Crippen MR) is 303 cm³/mol. The molecule has 0 radical (unpaired) electrons. The first kappa shape index (κ1) is 58.0. The number of carbonyl (C=O) groups is 4. The van der Waals surface area contributed by atoms with Gasteiger partial charge >= 0.3 is 12.1 Å². The van der Waals surface area contributed by atoms with Gasteiger partial charge in [-0.15, -0.1) is 0 Å². The van der Waals surface area contributed by atoms with Crippen molar-refractivity contribution in [2.75, 3.05) is 56.2 Å². The molecule has 2 aliphatic heterocycles. The van der Waals surface area contributed by atoms with Gasteiger partial charge in [0.15, 0.2) is 22.8 Å². The van der Waals surface area contributed by atoms with Crippen LogP contribution in [0.1, 0.15) is 155 Å². The molecule has 3 saturated carbocycles. The van der Waals surface area contributed by atoms with E-state index in [-0.39, 0.29) is 75.7 Å². The van der Waals surface area contributed by atoms with Gasteiger partial charge in [0.25, 0.3) is 5.91 Å². The van der Waals surface area contributed by atoms with Crippen molar-refractivity contribution in [2.45, 2.75) is 169 Å². The molecule has 19 nitrogen and oxygen atoms in total. The Morgan fingerprint density at radius 3 is 2.33 bits per heavy atom. The summed E-state index contributed by atoms with van der Waals surface area (Å²) in [5.74, 6) is 1.22. The number of aliphatic carboxylic acids is 1. The molecular weight excluding hydrogens is 1000 g/mol. The average Bonchev–Trinajstić information content (AvgIpc) is 3.48. The molecule has 2 aromatic heterocycles. The van der Waals surface area contributed by atoms with Gasteiger partial charge in [-0.1, -0.05) is 67.0 Å². The molecule has 0 bridgehead atoms. The largest absolute Gasteiger partial charge is 0.480 e. The summed E-state index contributed by atoms with van der Waals surface area (Å²) in [5, 5.41) is 22.3. The van der Waals surface area contributed by atoms with E-state index in [1.54, 1.807) is 30.5 Å². The van der Waals surface area contributed by atoms with Gasteiger partial charge in [0.05, 0.1) is 31.1 Å². The molecule has 2 saturated heterocycles. The number of amides is 3. The van der Waals surface area contributed by atoms with Crippen molar-refractivity contribution in [3.05, 3.63) is 53.4 Å². The van der Waals surface area contributed by atoms with Crippen molar-refractivity contribution in [3.8, 4) is 0 Å². The summed E-state index contributed by atoms with van der Waals surface area (Å²) in [6.45, 7) is 21.5. The highest BCUT2D eigenvalue weighted by molar-refractivity contribution is 5.97. The fourth-order valence-corrected chi connectivity index (χ4v) is 15.0. The van der Waals surface area contributed by atoms with Crippen LogP contribution >= 0.6 is 0 Å². The number of rotatable bonds is 20. The molecule has 3 aromatic rings. The smallest absolute Gasteiger partial charge is 0.407 e. The van der Waals surface area contributed by atoms with E-state index in [1.807, 2.05) is 11.9 Å². The standard InChI is InChI=1S/C60H89N11O8/c1-10-56(5,33-65-47(72)19-18-45(53(74)75)68-52(73)37-12-15-40(16-13-37)71(9)29-39-28-64-51-49(67-39)50(61)69-54(62)70-51)31-63-32-57(6,11-2)34-66-55(76)78-41-21-23-58(7)38(26-41)14-17-42-43(58)22-24-59(8)44(42)27-46-48(59)36(4)60(79-46)25-20-35(3)30-77-60/h12-16,28,35-36,41-46,48,63H,10-11,17-27,29-34H2,1-9H3,(H,65,72)(H,66,76)(H,68,73)(H,74,75)(H4,61,62,64,69,70)/t35-,36+,41+,42?,43?,44?,45+,46+,48+,56?,57?,58+,59+,60-/m1/s1. The number of allylic oxidation sites excluding steroid dienone is 1. The lowest BCUT2D eigenvalue weighted by atomic mass is 9.47. The van der Waals surface area contributed by atoms with Crippen LogP contribution in [-0.4, -0.2) is 113 Å². The fourth-order valence-electron chi connectivity index (χ4n) is 15.0. The summed E-state index contributed by atoms with van der Waals surface area (Å²) in [6.07, 6.45) is 15.1. The van der Waals surface area contributed by atoms with E-state index in [2.05, 4.69) is 103 Å². The second-order valence-electron chi connectivity index (χ2n) is 25.9. The third kappa shape index (κ3) is 12.1. The first-order valence-corrected chi connectivity index (χ1v) is 29.3. The van der Waals surface area contributed by atoms with Gasteiger partial charge in [-0.25, -0.2) is 19.6 Å². The van der Waals surface area contributed by atoms with Crippen molar-refractivity contribution in [3.63, 3.8) is 0 Å². The Labute approximate surface area is 466 Å². The van der Waals surface area contributed by atoms with E-state index in [0.717, 1.165) is 63.7 Å². The van der Waals surface area contributed by atoms with Crippen LogP contribution in [0.4, 0.5) is 22.2 Å². The maximum Gasteiger partial charge on any atom is 0.407 e. The summed E-state index contributed by atoms with van der Waals surface area (Å²) in [6, 6.07) is 5.43. The number of alkyl carbamates (subject to hydrolysis) is 1. The maximum absolute atomic E-state index is 13.5. The zero-order valence-corrected chi connectivity index (χ0v) is 48.3. The molecule has 4 heterocycles. The van der Waals surface area contributed by atoms with Crippen LogP contribution in [0.2, 0.25) is 0 Å². The zero-order valence-electron chi connectivity index (χ0n) is 48.3. The number of anilines is 3. The van der Waals surface area contributed by atoms with Crippen molar-refractivity contribution >= 4 is 52.5 Å². The van der Waals surface area contributed by atoms with Crippen molar-refractivity contribution < 1.29 is 38.5 Å². The minimum absolute atomic E-state index is 0.0143. The van der Waals surface area contributed by atoms with Crippen LogP contribution < -0.4 is 37.6 Å². The molecule has 19 heteroatoms. The van der Waals surface area contributed by atoms with E-state index >= 15 is 0 Å². The number of carboxylic acid groups (broad SMARTS) is 1. The van der Waals surface area contributed by atoms with E-state index in [9.17, 15) is 24.3 Å². The van der Waals surface area contributed by atoms with Crippen molar-refractivity contribution in [1.82, 2.24) is 41.2 Å². The van der Waals surface area contributed by atoms with Gasteiger partial charge in [-0.05, 0) is 140 Å². The number of hydrogen-bond acceptors (Lipinski definition) is 15. The highest BCUT2D eigenvalue weighted by Gasteiger charge is 2.68. The van der Waals surface area contributed by atoms with Crippen LogP contribution in [0.3, 0.4) is 0 Å². The maximum atomic E-state index is 13.5. The predicted octanol–water partition coefficient (Wildman–Crippen LogP) is 8.18. The molecule has 1 aromatic carbocycles.